The lowest BCUT2D eigenvalue weighted by Gasteiger charge is -2.23. The van der Waals surface area contributed by atoms with Gasteiger partial charge in [0.15, 0.2) is 0 Å². The van der Waals surface area contributed by atoms with Gasteiger partial charge in [-0.3, -0.25) is 0 Å². The molecule has 0 aliphatic carbocycles. The molecule has 5 heteroatoms. The van der Waals surface area contributed by atoms with Gasteiger partial charge in [-0.25, -0.2) is 4.98 Å². The molecule has 0 bridgehead atoms. The summed E-state index contributed by atoms with van der Waals surface area (Å²) in [6.45, 7) is 5.61. The van der Waals surface area contributed by atoms with Crippen molar-refractivity contribution in [3.05, 3.63) is 30.1 Å². The first kappa shape index (κ1) is 18.3. The number of fused-ring (bicyclic) bond motifs is 1. The van der Waals surface area contributed by atoms with Crippen LogP contribution in [0, 0.1) is 0 Å². The van der Waals surface area contributed by atoms with Crippen molar-refractivity contribution in [2.24, 2.45) is 0 Å². The maximum absolute atomic E-state index is 4.92. The molecule has 0 radical (unpaired) electrons. The maximum atomic E-state index is 4.92. The van der Waals surface area contributed by atoms with E-state index < -0.39 is 0 Å². The van der Waals surface area contributed by atoms with Gasteiger partial charge in [0.2, 0.25) is 0 Å². The molecule has 1 N–H and O–H groups in total. The Morgan fingerprint density at radius 1 is 1.19 bits per heavy atom. The topological polar surface area (TPSA) is 29.9 Å². The lowest BCUT2D eigenvalue weighted by atomic mass is 9.97. The molecule has 2 aromatic rings. The Balaban J connectivity index is 0.00000110. The Bertz CT molecular complexity index is 547. The molecule has 0 saturated carbocycles. The van der Waals surface area contributed by atoms with Crippen LogP contribution in [0.3, 0.4) is 0 Å². The summed E-state index contributed by atoms with van der Waals surface area (Å²) in [5.74, 6) is 1.95. The van der Waals surface area contributed by atoms with Crippen LogP contribution in [0.25, 0.3) is 11.0 Å². The fourth-order valence-corrected chi connectivity index (χ4v) is 3.04. The SMILES string of the molecule is CCCCn1c(C2CCNCC2)nc2ccccc21.Cl.Cl. The van der Waals surface area contributed by atoms with E-state index in [0.717, 1.165) is 25.2 Å². The lowest BCUT2D eigenvalue weighted by molar-refractivity contribution is 0.430. The van der Waals surface area contributed by atoms with Crippen LogP contribution in [0.15, 0.2) is 24.3 Å². The zero-order valence-electron chi connectivity index (χ0n) is 12.5. The molecule has 0 unspecified atom stereocenters. The monoisotopic (exact) mass is 329 g/mol. The first-order chi connectivity index (χ1) is 9.40. The second-order valence-corrected chi connectivity index (χ2v) is 5.49. The van der Waals surface area contributed by atoms with Crippen LogP contribution in [0.1, 0.15) is 44.3 Å². The number of nitrogens with one attached hydrogen (secondary N) is 1. The molecule has 1 aliphatic heterocycles. The van der Waals surface area contributed by atoms with Crippen LogP contribution in [-0.2, 0) is 6.54 Å². The second kappa shape index (κ2) is 8.62. The molecule has 1 aliphatic rings. The number of aromatic nitrogens is 2. The van der Waals surface area contributed by atoms with Gasteiger partial charge in [-0.2, -0.15) is 0 Å². The van der Waals surface area contributed by atoms with Gasteiger partial charge in [0.1, 0.15) is 5.82 Å². The van der Waals surface area contributed by atoms with E-state index in [1.807, 2.05) is 0 Å². The molecule has 118 valence electrons. The largest absolute Gasteiger partial charge is 0.328 e. The van der Waals surface area contributed by atoms with E-state index in [1.165, 1.54) is 37.0 Å². The summed E-state index contributed by atoms with van der Waals surface area (Å²) in [6, 6.07) is 8.56. The highest BCUT2D eigenvalue weighted by Gasteiger charge is 2.21. The van der Waals surface area contributed by atoms with Gasteiger partial charge in [0, 0.05) is 12.5 Å². The summed E-state index contributed by atoms with van der Waals surface area (Å²) in [6.07, 6.45) is 4.90. The van der Waals surface area contributed by atoms with Crippen molar-refractivity contribution >= 4 is 35.8 Å². The highest BCUT2D eigenvalue weighted by molar-refractivity contribution is 5.85. The number of benzene rings is 1. The summed E-state index contributed by atoms with van der Waals surface area (Å²) in [7, 11) is 0. The number of nitrogens with zero attached hydrogens (tertiary/aromatic N) is 2. The van der Waals surface area contributed by atoms with Crippen molar-refractivity contribution in [2.75, 3.05) is 13.1 Å². The average molecular weight is 330 g/mol. The highest BCUT2D eigenvalue weighted by Crippen LogP contribution is 2.28. The summed E-state index contributed by atoms with van der Waals surface area (Å²) >= 11 is 0. The predicted octanol–water partition coefficient (Wildman–Crippen LogP) is 4.15. The first-order valence-corrected chi connectivity index (χ1v) is 7.56. The van der Waals surface area contributed by atoms with E-state index >= 15 is 0 Å². The molecule has 1 fully saturated rings. The maximum Gasteiger partial charge on any atom is 0.113 e. The number of hydrogen-bond donors (Lipinski definition) is 1. The minimum atomic E-state index is 0. The van der Waals surface area contributed by atoms with Gasteiger partial charge in [-0.1, -0.05) is 25.5 Å². The molecule has 0 spiro atoms. The third-order valence-corrected chi connectivity index (χ3v) is 4.12. The molecule has 0 atom stereocenters. The Labute approximate surface area is 139 Å². The molecule has 1 aromatic carbocycles. The van der Waals surface area contributed by atoms with Crippen molar-refractivity contribution < 1.29 is 0 Å². The quantitative estimate of drug-likeness (QED) is 0.913. The number of piperidine rings is 1. The van der Waals surface area contributed by atoms with Crippen LogP contribution in [0.2, 0.25) is 0 Å². The van der Waals surface area contributed by atoms with E-state index in [-0.39, 0.29) is 24.8 Å². The Kier molecular flexibility index (Phi) is 7.50. The average Bonchev–Trinajstić information content (AvgIpc) is 2.85. The van der Waals surface area contributed by atoms with E-state index in [2.05, 4.69) is 41.1 Å². The van der Waals surface area contributed by atoms with E-state index in [9.17, 15) is 0 Å². The van der Waals surface area contributed by atoms with Gasteiger partial charge >= 0.3 is 0 Å². The molecular formula is C16H25Cl2N3. The molecule has 0 amide bonds. The fourth-order valence-electron chi connectivity index (χ4n) is 3.04. The van der Waals surface area contributed by atoms with E-state index in [1.54, 1.807) is 0 Å². The number of halogens is 2. The Hall–Kier alpha value is -0.770. The summed E-state index contributed by atoms with van der Waals surface area (Å²) < 4.78 is 2.47. The van der Waals surface area contributed by atoms with Gasteiger partial charge in [0.25, 0.3) is 0 Å². The van der Waals surface area contributed by atoms with Crippen LogP contribution in [-0.4, -0.2) is 22.6 Å². The van der Waals surface area contributed by atoms with Crippen LogP contribution in [0.5, 0.6) is 0 Å². The van der Waals surface area contributed by atoms with Crippen LogP contribution in [0.4, 0.5) is 0 Å². The highest BCUT2D eigenvalue weighted by atomic mass is 35.5. The number of unbranched alkanes of at least 4 members (excludes halogenated alkanes) is 1. The predicted molar refractivity (Wildman–Crippen MR) is 94.0 cm³/mol. The zero-order valence-corrected chi connectivity index (χ0v) is 14.2. The summed E-state index contributed by atoms with van der Waals surface area (Å²) in [4.78, 5) is 4.92. The molecule has 3 nitrogen and oxygen atoms in total. The molecule has 1 aromatic heterocycles. The number of para-hydroxylation sites is 2. The van der Waals surface area contributed by atoms with Crippen molar-refractivity contribution in [1.29, 1.82) is 0 Å². The van der Waals surface area contributed by atoms with E-state index in [4.69, 9.17) is 4.98 Å². The number of aryl methyl sites for hydroxylation is 1. The van der Waals surface area contributed by atoms with Gasteiger partial charge < -0.3 is 9.88 Å². The minimum absolute atomic E-state index is 0. The van der Waals surface area contributed by atoms with Gasteiger partial charge in [-0.05, 0) is 44.5 Å². The third kappa shape index (κ3) is 3.91. The first-order valence-electron chi connectivity index (χ1n) is 7.56. The van der Waals surface area contributed by atoms with Crippen molar-refractivity contribution in [3.63, 3.8) is 0 Å². The van der Waals surface area contributed by atoms with E-state index in [0.29, 0.717) is 5.92 Å². The molecular weight excluding hydrogens is 305 g/mol. The normalized spacial score (nSPS) is 15.5. The van der Waals surface area contributed by atoms with Gasteiger partial charge in [-0.15, -0.1) is 24.8 Å². The summed E-state index contributed by atoms with van der Waals surface area (Å²) in [5.41, 5.74) is 2.47. The molecule has 3 rings (SSSR count). The number of imidazole rings is 1. The Morgan fingerprint density at radius 2 is 1.90 bits per heavy atom. The third-order valence-electron chi connectivity index (χ3n) is 4.12. The fraction of sp³-hybridized carbons (Fsp3) is 0.562. The Morgan fingerprint density at radius 3 is 2.62 bits per heavy atom. The van der Waals surface area contributed by atoms with Crippen LogP contribution < -0.4 is 5.32 Å². The molecule has 2 heterocycles. The van der Waals surface area contributed by atoms with Crippen LogP contribution >= 0.6 is 24.8 Å². The minimum Gasteiger partial charge on any atom is -0.328 e. The smallest absolute Gasteiger partial charge is 0.113 e. The summed E-state index contributed by atoms with van der Waals surface area (Å²) in [5, 5.41) is 3.44. The van der Waals surface area contributed by atoms with Gasteiger partial charge in [0.05, 0.1) is 11.0 Å². The second-order valence-electron chi connectivity index (χ2n) is 5.49. The van der Waals surface area contributed by atoms with Crippen molar-refractivity contribution in [1.82, 2.24) is 14.9 Å². The number of rotatable bonds is 4. The lowest BCUT2D eigenvalue weighted by Crippen LogP contribution is -2.28. The molecule has 1 saturated heterocycles. The molecule has 21 heavy (non-hydrogen) atoms. The zero-order chi connectivity index (χ0) is 13.1. The van der Waals surface area contributed by atoms with Crippen molar-refractivity contribution in [2.45, 2.75) is 45.1 Å². The number of hydrogen-bond acceptors (Lipinski definition) is 2. The van der Waals surface area contributed by atoms with Crippen molar-refractivity contribution in [3.8, 4) is 0 Å². The standard InChI is InChI=1S/C16H23N3.2ClH/c1-2-3-12-19-15-7-5-4-6-14(15)18-16(19)13-8-10-17-11-9-13;;/h4-7,13,17H,2-3,8-12H2,1H3;2*1H.